The molecule has 1 aliphatic heterocycles. The average molecular weight is 475 g/mol. The fourth-order valence-electron chi connectivity index (χ4n) is 2.81. The van der Waals surface area contributed by atoms with E-state index >= 15 is 0 Å². The van der Waals surface area contributed by atoms with Crippen molar-refractivity contribution >= 4 is 35.6 Å². The van der Waals surface area contributed by atoms with Crippen LogP contribution in [0.1, 0.15) is 27.7 Å². The Morgan fingerprint density at radius 3 is 2.00 bits per heavy atom. The fourth-order valence-corrected chi connectivity index (χ4v) is 3.83. The first-order chi connectivity index (χ1) is 15.0. The van der Waals surface area contributed by atoms with Gasteiger partial charge in [-0.1, -0.05) is 11.8 Å². The Balaban J connectivity index is 2.49. The van der Waals surface area contributed by atoms with Gasteiger partial charge in [0, 0.05) is 27.7 Å². The molecule has 1 fully saturated rings. The Hall–Kier alpha value is -3.20. The smallest absolute Gasteiger partial charge is 0.342 e. The summed E-state index contributed by atoms with van der Waals surface area (Å²) in [5.74, 6) is -3.01. The summed E-state index contributed by atoms with van der Waals surface area (Å²) in [5.41, 5.74) is -2.94. The molecule has 2 heterocycles. The number of nitrogens with one attached hydrogen (secondary N) is 2. The van der Waals surface area contributed by atoms with Crippen LogP contribution in [0, 0.1) is 0 Å². The average Bonchev–Trinajstić information content (AvgIpc) is 2.65. The molecule has 1 aromatic rings. The van der Waals surface area contributed by atoms with Crippen LogP contribution in [0.4, 0.5) is 0 Å². The summed E-state index contributed by atoms with van der Waals surface area (Å²) >= 11 is 0.643. The van der Waals surface area contributed by atoms with Gasteiger partial charge in [0.05, 0.1) is 0 Å². The lowest BCUT2D eigenvalue weighted by atomic mass is 9.99. The molecule has 1 aromatic heterocycles. The predicted octanol–water partition coefficient (Wildman–Crippen LogP) is -1.37. The molecule has 1 saturated heterocycles. The zero-order valence-corrected chi connectivity index (χ0v) is 18.3. The van der Waals surface area contributed by atoms with Gasteiger partial charge < -0.3 is 23.7 Å². The zero-order chi connectivity index (χ0) is 24.0. The monoisotopic (exact) mass is 475 g/mol. The van der Waals surface area contributed by atoms with E-state index < -0.39 is 71.6 Å². The topological polar surface area (TPSA) is 193 Å². The molecule has 0 spiro atoms. The predicted molar refractivity (Wildman–Crippen MR) is 103 cm³/mol. The third kappa shape index (κ3) is 6.91. The molecule has 0 aliphatic carbocycles. The molecule has 0 bridgehead atoms. The quantitative estimate of drug-likeness (QED) is 0.347. The van der Waals surface area contributed by atoms with Gasteiger partial charge in [-0.15, -0.1) is 0 Å². The van der Waals surface area contributed by atoms with E-state index in [0.29, 0.717) is 11.8 Å². The van der Waals surface area contributed by atoms with Gasteiger partial charge in [-0.25, -0.2) is 9.89 Å². The second-order valence-corrected chi connectivity index (χ2v) is 7.58. The lowest BCUT2D eigenvalue weighted by Crippen LogP contribution is -2.61. The highest BCUT2D eigenvalue weighted by Gasteiger charge is 2.52. The van der Waals surface area contributed by atoms with Crippen molar-refractivity contribution in [2.75, 3.05) is 6.61 Å². The van der Waals surface area contributed by atoms with Gasteiger partial charge in [-0.2, -0.15) is 5.10 Å². The molecule has 32 heavy (non-hydrogen) atoms. The lowest BCUT2D eigenvalue weighted by molar-refractivity contribution is -0.237. The van der Waals surface area contributed by atoms with Crippen molar-refractivity contribution in [3.8, 4) is 0 Å². The summed E-state index contributed by atoms with van der Waals surface area (Å²) in [5, 5.41) is 5.41. The van der Waals surface area contributed by atoms with Crippen molar-refractivity contribution in [2.24, 2.45) is 0 Å². The molecule has 2 rings (SSSR count). The van der Waals surface area contributed by atoms with Crippen LogP contribution in [0.3, 0.4) is 0 Å². The molecule has 0 saturated carbocycles. The van der Waals surface area contributed by atoms with Gasteiger partial charge in [0.2, 0.25) is 0 Å². The maximum absolute atomic E-state index is 12.1. The minimum Gasteiger partial charge on any atom is -0.463 e. The number of carbonyl (C=O) groups is 4. The molecule has 15 heteroatoms. The van der Waals surface area contributed by atoms with Crippen LogP contribution in [0.5, 0.6) is 0 Å². The second kappa shape index (κ2) is 10.9. The summed E-state index contributed by atoms with van der Waals surface area (Å²) in [6, 6.07) is 0. The van der Waals surface area contributed by atoms with Crippen molar-refractivity contribution in [2.45, 2.75) is 62.6 Å². The molecule has 0 unspecified atom stereocenters. The van der Waals surface area contributed by atoms with Crippen LogP contribution in [0.15, 0.2) is 14.6 Å². The first-order valence-electron chi connectivity index (χ1n) is 9.14. The molecular weight excluding hydrogens is 454 g/mol. The van der Waals surface area contributed by atoms with E-state index in [0.717, 1.165) is 27.7 Å². The number of thioether (sulfide) groups is 1. The van der Waals surface area contributed by atoms with E-state index in [1.54, 1.807) is 0 Å². The maximum Gasteiger partial charge on any atom is 0.342 e. The highest BCUT2D eigenvalue weighted by molar-refractivity contribution is 7.99. The first kappa shape index (κ1) is 25.1. The van der Waals surface area contributed by atoms with Crippen LogP contribution in [-0.4, -0.2) is 75.5 Å². The van der Waals surface area contributed by atoms with E-state index in [1.165, 1.54) is 0 Å². The summed E-state index contributed by atoms with van der Waals surface area (Å²) in [6.07, 6.45) is -5.24. The molecule has 5 atom stereocenters. The Morgan fingerprint density at radius 2 is 1.47 bits per heavy atom. The second-order valence-electron chi connectivity index (χ2n) is 6.50. The summed E-state index contributed by atoms with van der Waals surface area (Å²) in [6.45, 7) is 4.00. The third-order valence-electron chi connectivity index (χ3n) is 3.86. The van der Waals surface area contributed by atoms with E-state index in [9.17, 15) is 28.8 Å². The van der Waals surface area contributed by atoms with E-state index in [4.69, 9.17) is 23.7 Å². The van der Waals surface area contributed by atoms with Crippen molar-refractivity contribution in [3.63, 3.8) is 0 Å². The maximum atomic E-state index is 12.1. The number of H-pyrrole nitrogens is 2. The number of nitrogens with zero attached hydrogens (tertiary/aromatic N) is 1. The normalized spacial score (nSPS) is 24.8. The van der Waals surface area contributed by atoms with Crippen LogP contribution in [-0.2, 0) is 42.9 Å². The summed E-state index contributed by atoms with van der Waals surface area (Å²) < 4.78 is 26.6. The Kier molecular flexibility index (Phi) is 8.54. The molecule has 176 valence electrons. The number of hydrogen-bond donors (Lipinski definition) is 2. The van der Waals surface area contributed by atoms with Crippen LogP contribution in [0.2, 0.25) is 0 Å². The molecule has 14 nitrogen and oxygen atoms in total. The number of rotatable bonds is 7. The highest BCUT2D eigenvalue weighted by atomic mass is 32.2. The van der Waals surface area contributed by atoms with Crippen LogP contribution < -0.4 is 11.2 Å². The van der Waals surface area contributed by atoms with Gasteiger partial charge in [0.15, 0.2) is 28.8 Å². The SMILES string of the molecule is CC(=O)OC[C@@H]1O[C@H](Sc2n[nH]c(=O)[nH]c2=O)[C@@H](OC(C)=O)[C@@H](OC(C)=O)[C@@H]1OC(C)=O. The van der Waals surface area contributed by atoms with Gasteiger partial charge in [0.25, 0.3) is 5.56 Å². The number of carbonyl (C=O) groups excluding carboxylic acids is 4. The molecular formula is C17H21N3O11S. The standard InChI is InChI=1S/C17H21N3O11S/c1-6(21)27-5-10-11(28-7(2)22)12(29-8(3)23)13(30-9(4)24)16(31-10)32-15-14(25)18-17(26)20-19-15/h10-13,16H,5H2,1-4H3,(H2,18,20,25,26)/t10-,11+,12-,13-,16+/m0/s1. The molecule has 2 N–H and O–H groups in total. The zero-order valence-electron chi connectivity index (χ0n) is 17.4. The van der Waals surface area contributed by atoms with Crippen LogP contribution >= 0.6 is 11.8 Å². The number of esters is 4. The third-order valence-corrected chi connectivity index (χ3v) is 4.97. The largest absolute Gasteiger partial charge is 0.463 e. The van der Waals surface area contributed by atoms with Crippen LogP contribution in [0.25, 0.3) is 0 Å². The van der Waals surface area contributed by atoms with E-state index in [2.05, 4.69) is 5.10 Å². The lowest BCUT2D eigenvalue weighted by Gasteiger charge is -2.43. The summed E-state index contributed by atoms with van der Waals surface area (Å²) in [4.78, 5) is 71.7. The van der Waals surface area contributed by atoms with Gasteiger partial charge >= 0.3 is 29.6 Å². The molecule has 0 aromatic carbocycles. The van der Waals surface area contributed by atoms with Crippen molar-refractivity contribution < 1.29 is 42.9 Å². The van der Waals surface area contributed by atoms with E-state index in [1.807, 2.05) is 10.1 Å². The van der Waals surface area contributed by atoms with Crippen molar-refractivity contribution in [1.82, 2.24) is 15.2 Å². The number of hydrogen-bond acceptors (Lipinski definition) is 13. The minimum atomic E-state index is -1.38. The van der Waals surface area contributed by atoms with Gasteiger partial charge in [-0.05, 0) is 0 Å². The fraction of sp³-hybridized carbons (Fsp3) is 0.588. The van der Waals surface area contributed by atoms with Crippen molar-refractivity contribution in [3.05, 3.63) is 20.8 Å². The number of aromatic nitrogens is 3. The Morgan fingerprint density at radius 1 is 0.906 bits per heavy atom. The highest BCUT2D eigenvalue weighted by Crippen LogP contribution is 2.36. The first-order valence-corrected chi connectivity index (χ1v) is 10.0. The molecule has 0 radical (unpaired) electrons. The summed E-state index contributed by atoms with van der Waals surface area (Å²) in [7, 11) is 0. The Labute approximate surface area is 184 Å². The molecule has 0 amide bonds. The number of aromatic amines is 2. The van der Waals surface area contributed by atoms with Gasteiger partial charge in [-0.3, -0.25) is 29.0 Å². The van der Waals surface area contributed by atoms with Gasteiger partial charge in [0.1, 0.15) is 12.7 Å². The minimum absolute atomic E-state index is 0.259. The van der Waals surface area contributed by atoms with Crippen molar-refractivity contribution in [1.29, 1.82) is 0 Å². The van der Waals surface area contributed by atoms with E-state index in [-0.39, 0.29) is 5.03 Å². The Bertz CT molecular complexity index is 990. The number of ether oxygens (including phenoxy) is 5. The molecule has 1 aliphatic rings.